The predicted octanol–water partition coefficient (Wildman–Crippen LogP) is 4.75. The minimum Gasteiger partial charge on any atom is -0.378 e. The number of alkyl halides is 3. The number of hydrogen-bond acceptors (Lipinski definition) is 7. The quantitative estimate of drug-likeness (QED) is 0.507. The normalized spacial score (nSPS) is 11.3. The number of pyridine rings is 1. The Hall–Kier alpha value is -3.56. The van der Waals surface area contributed by atoms with Gasteiger partial charge in [-0.15, -0.1) is 0 Å². The van der Waals surface area contributed by atoms with Crippen LogP contribution in [0.2, 0.25) is 0 Å². The summed E-state index contributed by atoms with van der Waals surface area (Å²) in [6.45, 7) is 2.22. The van der Waals surface area contributed by atoms with Gasteiger partial charge in [0.25, 0.3) is 0 Å². The number of hydrogen-bond donors (Lipinski definition) is 1. The van der Waals surface area contributed by atoms with Gasteiger partial charge in [-0.1, -0.05) is 0 Å². The summed E-state index contributed by atoms with van der Waals surface area (Å²) in [6.07, 6.45) is -2.68. The Labute approximate surface area is 198 Å². The molecule has 7 nitrogen and oxygen atoms in total. The van der Waals surface area contributed by atoms with Crippen molar-refractivity contribution in [2.24, 2.45) is 0 Å². The van der Waals surface area contributed by atoms with Gasteiger partial charge in [0.05, 0.1) is 11.3 Å². The van der Waals surface area contributed by atoms with E-state index < -0.39 is 11.7 Å². The van der Waals surface area contributed by atoms with Crippen molar-refractivity contribution < 1.29 is 13.2 Å². The highest BCUT2D eigenvalue weighted by atomic mass is 19.4. The standard InChI is InChI=1S/C24H30F3N7/c1-16-20(13-15-34(6)22-19(24(25,26)27)8-7-14-28-22)30-23(33(4)5)31-21(16)29-17-9-11-18(12-10-17)32(2)3/h7-12,14H,13,15H2,1-6H3,(H,29,30,31). The number of nitrogens with zero attached hydrogens (tertiary/aromatic N) is 6. The Kier molecular flexibility index (Phi) is 7.48. The molecule has 1 N–H and O–H groups in total. The van der Waals surface area contributed by atoms with Gasteiger partial charge in [0.2, 0.25) is 5.95 Å². The third kappa shape index (κ3) is 5.86. The maximum absolute atomic E-state index is 13.4. The Morgan fingerprint density at radius 2 is 1.59 bits per heavy atom. The van der Waals surface area contributed by atoms with Crippen LogP contribution in [0.15, 0.2) is 42.6 Å². The SMILES string of the molecule is Cc1c(CCN(C)c2ncccc2C(F)(F)F)nc(N(C)C)nc1Nc1ccc(N(C)C)cc1. The van der Waals surface area contributed by atoms with Crippen LogP contribution in [0, 0.1) is 6.92 Å². The Morgan fingerprint density at radius 1 is 0.912 bits per heavy atom. The minimum atomic E-state index is -4.47. The average Bonchev–Trinajstić information content (AvgIpc) is 2.79. The Morgan fingerprint density at radius 3 is 2.18 bits per heavy atom. The first kappa shape index (κ1) is 25.1. The van der Waals surface area contributed by atoms with E-state index in [9.17, 15) is 13.2 Å². The molecule has 0 radical (unpaired) electrons. The molecule has 0 aliphatic rings. The van der Waals surface area contributed by atoms with Crippen LogP contribution >= 0.6 is 0 Å². The van der Waals surface area contributed by atoms with E-state index in [1.807, 2.05) is 64.3 Å². The Balaban J connectivity index is 1.85. The van der Waals surface area contributed by atoms with Gasteiger partial charge in [0.15, 0.2) is 0 Å². The van der Waals surface area contributed by atoms with Gasteiger partial charge in [0, 0.05) is 71.3 Å². The van der Waals surface area contributed by atoms with Crippen LogP contribution in [0.5, 0.6) is 0 Å². The van der Waals surface area contributed by atoms with Crippen LogP contribution in [-0.4, -0.2) is 56.7 Å². The first-order chi connectivity index (χ1) is 16.0. The smallest absolute Gasteiger partial charge is 0.378 e. The van der Waals surface area contributed by atoms with Gasteiger partial charge in [-0.2, -0.15) is 18.2 Å². The van der Waals surface area contributed by atoms with E-state index in [0.717, 1.165) is 28.7 Å². The zero-order chi connectivity index (χ0) is 25.0. The summed E-state index contributed by atoms with van der Waals surface area (Å²) in [7, 11) is 9.25. The zero-order valence-electron chi connectivity index (χ0n) is 20.3. The highest BCUT2D eigenvalue weighted by molar-refractivity contribution is 5.64. The van der Waals surface area contributed by atoms with Gasteiger partial charge < -0.3 is 20.0 Å². The number of halogens is 3. The van der Waals surface area contributed by atoms with E-state index >= 15 is 0 Å². The fraction of sp³-hybridized carbons (Fsp3) is 0.375. The molecule has 3 aromatic rings. The van der Waals surface area contributed by atoms with Crippen LogP contribution in [0.4, 0.5) is 42.1 Å². The third-order valence-electron chi connectivity index (χ3n) is 5.42. The molecule has 0 aliphatic carbocycles. The van der Waals surface area contributed by atoms with E-state index in [4.69, 9.17) is 0 Å². The summed E-state index contributed by atoms with van der Waals surface area (Å²) in [5.74, 6) is 1.07. The molecule has 10 heteroatoms. The lowest BCUT2D eigenvalue weighted by Gasteiger charge is -2.23. The van der Waals surface area contributed by atoms with Crippen molar-refractivity contribution in [3.05, 3.63) is 59.4 Å². The summed E-state index contributed by atoms with van der Waals surface area (Å²) in [4.78, 5) is 18.6. The summed E-state index contributed by atoms with van der Waals surface area (Å²) in [6, 6.07) is 10.3. The number of aromatic nitrogens is 3. The Bertz CT molecular complexity index is 1110. The maximum Gasteiger partial charge on any atom is 0.419 e. The molecule has 0 amide bonds. The molecule has 0 unspecified atom stereocenters. The number of rotatable bonds is 8. The van der Waals surface area contributed by atoms with E-state index in [-0.39, 0.29) is 5.82 Å². The van der Waals surface area contributed by atoms with Gasteiger partial charge in [-0.25, -0.2) is 9.97 Å². The molecule has 0 saturated carbocycles. The molecule has 0 spiro atoms. The lowest BCUT2D eigenvalue weighted by molar-refractivity contribution is -0.137. The molecule has 3 rings (SSSR count). The van der Waals surface area contributed by atoms with Crippen molar-refractivity contribution in [3.63, 3.8) is 0 Å². The van der Waals surface area contributed by atoms with Crippen molar-refractivity contribution in [1.82, 2.24) is 15.0 Å². The topological polar surface area (TPSA) is 60.4 Å². The van der Waals surface area contributed by atoms with Gasteiger partial charge in [-0.05, 0) is 43.3 Å². The van der Waals surface area contributed by atoms with Crippen molar-refractivity contribution in [1.29, 1.82) is 0 Å². The van der Waals surface area contributed by atoms with E-state index in [1.165, 1.54) is 17.2 Å². The number of nitrogens with one attached hydrogen (secondary N) is 1. The molecule has 0 aliphatic heterocycles. The highest BCUT2D eigenvalue weighted by Crippen LogP contribution is 2.35. The van der Waals surface area contributed by atoms with Crippen molar-refractivity contribution in [2.75, 3.05) is 61.8 Å². The van der Waals surface area contributed by atoms with E-state index in [1.54, 1.807) is 11.9 Å². The first-order valence-electron chi connectivity index (χ1n) is 10.8. The van der Waals surface area contributed by atoms with Gasteiger partial charge >= 0.3 is 6.18 Å². The molecule has 2 aromatic heterocycles. The summed E-state index contributed by atoms with van der Waals surface area (Å²) in [5.41, 5.74) is 2.79. The van der Waals surface area contributed by atoms with Crippen LogP contribution < -0.4 is 20.0 Å². The predicted molar refractivity (Wildman–Crippen MR) is 131 cm³/mol. The number of likely N-dealkylation sites (N-methyl/N-ethyl adjacent to an activating group) is 1. The monoisotopic (exact) mass is 473 g/mol. The average molecular weight is 474 g/mol. The van der Waals surface area contributed by atoms with Crippen molar-refractivity contribution in [3.8, 4) is 0 Å². The van der Waals surface area contributed by atoms with Crippen LogP contribution in [0.25, 0.3) is 0 Å². The molecule has 1 aromatic carbocycles. The molecule has 34 heavy (non-hydrogen) atoms. The molecule has 2 heterocycles. The molecular formula is C24H30F3N7. The van der Waals surface area contributed by atoms with E-state index in [0.29, 0.717) is 24.7 Å². The molecule has 0 fully saturated rings. The summed E-state index contributed by atoms with van der Waals surface area (Å²) >= 11 is 0. The second-order valence-corrected chi connectivity index (χ2v) is 8.45. The van der Waals surface area contributed by atoms with Crippen LogP contribution in [0.3, 0.4) is 0 Å². The minimum absolute atomic E-state index is 0.103. The largest absolute Gasteiger partial charge is 0.419 e. The summed E-state index contributed by atoms with van der Waals surface area (Å²) < 4.78 is 40.2. The highest BCUT2D eigenvalue weighted by Gasteiger charge is 2.35. The van der Waals surface area contributed by atoms with Gasteiger partial charge in [0.1, 0.15) is 11.6 Å². The second-order valence-electron chi connectivity index (χ2n) is 8.45. The fourth-order valence-electron chi connectivity index (χ4n) is 3.40. The zero-order valence-corrected chi connectivity index (χ0v) is 20.3. The van der Waals surface area contributed by atoms with Crippen molar-refractivity contribution in [2.45, 2.75) is 19.5 Å². The van der Waals surface area contributed by atoms with E-state index in [2.05, 4.69) is 20.3 Å². The van der Waals surface area contributed by atoms with Gasteiger partial charge in [-0.3, -0.25) is 0 Å². The summed E-state index contributed by atoms with van der Waals surface area (Å²) in [5, 5.41) is 3.35. The molecule has 0 saturated heterocycles. The van der Waals surface area contributed by atoms with Crippen LogP contribution in [-0.2, 0) is 12.6 Å². The number of anilines is 5. The maximum atomic E-state index is 13.4. The third-order valence-corrected chi connectivity index (χ3v) is 5.42. The molecular weight excluding hydrogens is 443 g/mol. The molecule has 0 bridgehead atoms. The first-order valence-corrected chi connectivity index (χ1v) is 10.8. The van der Waals surface area contributed by atoms with Crippen molar-refractivity contribution >= 4 is 29.0 Å². The molecule has 0 atom stereocenters. The number of benzene rings is 1. The van der Waals surface area contributed by atoms with Crippen LogP contribution in [0.1, 0.15) is 16.8 Å². The second kappa shape index (κ2) is 10.1. The fourth-order valence-corrected chi connectivity index (χ4v) is 3.40. The lowest BCUT2D eigenvalue weighted by Crippen LogP contribution is -2.26. The molecule has 182 valence electrons. The lowest BCUT2D eigenvalue weighted by atomic mass is 10.1.